The van der Waals surface area contributed by atoms with Crippen LogP contribution in [0.15, 0.2) is 97.5 Å². The van der Waals surface area contributed by atoms with Gasteiger partial charge in [0, 0.05) is 17.3 Å². The van der Waals surface area contributed by atoms with Crippen LogP contribution in [0.25, 0.3) is 11.3 Å². The van der Waals surface area contributed by atoms with Crippen molar-refractivity contribution in [2.75, 3.05) is 0 Å². The maximum absolute atomic E-state index is 12.4. The molecule has 7 nitrogen and oxygen atoms in total. The fourth-order valence-electron chi connectivity index (χ4n) is 2.85. The van der Waals surface area contributed by atoms with Crippen molar-refractivity contribution in [3.63, 3.8) is 0 Å². The third kappa shape index (κ3) is 5.23. The van der Waals surface area contributed by atoms with Gasteiger partial charge in [-0.3, -0.25) is 9.63 Å². The highest BCUT2D eigenvalue weighted by Crippen LogP contribution is 2.19. The number of benzene rings is 3. The maximum Gasteiger partial charge on any atom is 0.424 e. The number of hydroxylamine groups is 1. The highest BCUT2D eigenvalue weighted by atomic mass is 16.6. The van der Waals surface area contributed by atoms with Crippen LogP contribution in [-0.2, 0) is 11.4 Å². The molecule has 154 valence electrons. The highest BCUT2D eigenvalue weighted by molar-refractivity contribution is 5.94. The average Bonchev–Trinajstić information content (AvgIpc) is 3.31. The van der Waals surface area contributed by atoms with Crippen LogP contribution in [0.4, 0.5) is 4.79 Å². The predicted molar refractivity (Wildman–Crippen MR) is 114 cm³/mol. The molecule has 0 fully saturated rings. The van der Waals surface area contributed by atoms with Crippen molar-refractivity contribution >= 4 is 12.0 Å². The van der Waals surface area contributed by atoms with Crippen LogP contribution in [0.5, 0.6) is 5.75 Å². The molecule has 0 aliphatic carbocycles. The second kappa shape index (κ2) is 9.51. The molecule has 0 bridgehead atoms. The Morgan fingerprint density at radius 2 is 1.65 bits per heavy atom. The standard InChI is InChI=1S/C24H19N3O4/c28-23(26-30-16-18-8-3-1-4-9-18)20-11-7-10-19(14-20)22-15-27(17-25-22)24(29)31-21-12-5-2-6-13-21/h1-15,17H,16H2,(H,26,28). The van der Waals surface area contributed by atoms with E-state index in [1.807, 2.05) is 36.4 Å². The van der Waals surface area contributed by atoms with Crippen molar-refractivity contribution in [3.8, 4) is 17.0 Å². The summed E-state index contributed by atoms with van der Waals surface area (Å²) < 4.78 is 6.54. The Balaban J connectivity index is 1.40. The zero-order valence-electron chi connectivity index (χ0n) is 16.5. The fourth-order valence-corrected chi connectivity index (χ4v) is 2.85. The van der Waals surface area contributed by atoms with E-state index in [0.29, 0.717) is 22.6 Å². The van der Waals surface area contributed by atoms with Crippen molar-refractivity contribution in [3.05, 3.63) is 109 Å². The van der Waals surface area contributed by atoms with E-state index < -0.39 is 6.09 Å². The lowest BCUT2D eigenvalue weighted by Crippen LogP contribution is -2.23. The van der Waals surface area contributed by atoms with Crippen LogP contribution in [0.2, 0.25) is 0 Å². The van der Waals surface area contributed by atoms with Gasteiger partial charge in [0.25, 0.3) is 5.91 Å². The van der Waals surface area contributed by atoms with Gasteiger partial charge in [0.15, 0.2) is 0 Å². The van der Waals surface area contributed by atoms with Gasteiger partial charge in [0.1, 0.15) is 12.1 Å². The summed E-state index contributed by atoms with van der Waals surface area (Å²) in [4.78, 5) is 34.2. The Hall–Kier alpha value is -4.23. The van der Waals surface area contributed by atoms with Gasteiger partial charge >= 0.3 is 6.09 Å². The number of imidazole rings is 1. The number of amides is 1. The Bertz CT molecular complexity index is 1170. The normalized spacial score (nSPS) is 10.5. The number of aromatic nitrogens is 2. The second-order valence-electron chi connectivity index (χ2n) is 6.63. The highest BCUT2D eigenvalue weighted by Gasteiger charge is 2.12. The van der Waals surface area contributed by atoms with Crippen molar-refractivity contribution in [1.29, 1.82) is 0 Å². The number of para-hydroxylation sites is 1. The van der Waals surface area contributed by atoms with Gasteiger partial charge in [-0.2, -0.15) is 0 Å². The lowest BCUT2D eigenvalue weighted by molar-refractivity contribution is 0.0233. The van der Waals surface area contributed by atoms with Crippen molar-refractivity contribution < 1.29 is 19.2 Å². The van der Waals surface area contributed by atoms with Gasteiger partial charge in [-0.05, 0) is 29.8 Å². The number of hydrogen-bond donors (Lipinski definition) is 1. The monoisotopic (exact) mass is 413 g/mol. The first-order valence-electron chi connectivity index (χ1n) is 9.57. The molecule has 31 heavy (non-hydrogen) atoms. The van der Waals surface area contributed by atoms with E-state index in [0.717, 1.165) is 5.56 Å². The number of ether oxygens (including phenoxy) is 1. The smallest absolute Gasteiger partial charge is 0.410 e. The molecule has 0 saturated heterocycles. The zero-order chi connectivity index (χ0) is 21.5. The molecule has 0 aliphatic heterocycles. The first-order valence-corrected chi connectivity index (χ1v) is 9.57. The molecule has 1 N–H and O–H groups in total. The van der Waals surface area contributed by atoms with Crippen molar-refractivity contribution in [1.82, 2.24) is 15.0 Å². The van der Waals surface area contributed by atoms with Crippen LogP contribution >= 0.6 is 0 Å². The molecule has 0 unspecified atom stereocenters. The predicted octanol–water partition coefficient (Wildman–Crippen LogP) is 4.46. The van der Waals surface area contributed by atoms with Crippen molar-refractivity contribution in [2.45, 2.75) is 6.61 Å². The third-order valence-electron chi connectivity index (χ3n) is 4.41. The summed E-state index contributed by atoms with van der Waals surface area (Å²) in [6.07, 6.45) is 2.35. The zero-order valence-corrected chi connectivity index (χ0v) is 16.5. The number of carbonyl (C=O) groups excluding carboxylic acids is 2. The van der Waals surface area contributed by atoms with Crippen molar-refractivity contribution in [2.24, 2.45) is 0 Å². The van der Waals surface area contributed by atoms with E-state index in [2.05, 4.69) is 10.5 Å². The number of rotatable bonds is 6. The molecule has 1 heterocycles. The minimum atomic E-state index is -0.576. The molecular formula is C24H19N3O4. The van der Waals surface area contributed by atoms with E-state index in [1.54, 1.807) is 54.7 Å². The molecule has 1 amide bonds. The number of nitrogens with zero attached hydrogens (tertiary/aromatic N) is 2. The molecule has 4 aromatic rings. The number of hydrogen-bond acceptors (Lipinski definition) is 5. The summed E-state index contributed by atoms with van der Waals surface area (Å²) in [7, 11) is 0. The Morgan fingerprint density at radius 3 is 2.42 bits per heavy atom. The lowest BCUT2D eigenvalue weighted by atomic mass is 10.1. The first kappa shape index (κ1) is 20.1. The van der Waals surface area contributed by atoms with E-state index in [-0.39, 0.29) is 12.5 Å². The molecule has 3 aromatic carbocycles. The Labute approximate surface area is 178 Å². The van der Waals surface area contributed by atoms with E-state index in [9.17, 15) is 9.59 Å². The molecule has 7 heteroatoms. The van der Waals surface area contributed by atoms with Crippen LogP contribution < -0.4 is 10.2 Å². The summed E-state index contributed by atoms with van der Waals surface area (Å²) in [5.74, 6) is 0.0672. The van der Waals surface area contributed by atoms with Crippen LogP contribution in [0.3, 0.4) is 0 Å². The quantitative estimate of drug-likeness (QED) is 0.472. The Kier molecular flexibility index (Phi) is 6.16. The molecule has 0 aliphatic rings. The minimum absolute atomic E-state index is 0.264. The van der Waals surface area contributed by atoms with Crippen LogP contribution in [0, 0.1) is 0 Å². The SMILES string of the molecule is O=C(NOCc1ccccc1)c1cccc(-c2cn(C(=O)Oc3ccccc3)cn2)c1. The molecule has 0 saturated carbocycles. The van der Waals surface area contributed by atoms with Crippen LogP contribution in [0.1, 0.15) is 15.9 Å². The maximum atomic E-state index is 12.4. The summed E-state index contributed by atoms with van der Waals surface area (Å²) in [5.41, 5.74) is 5.01. The number of carbonyl (C=O) groups is 2. The number of nitrogens with one attached hydrogen (secondary N) is 1. The molecular weight excluding hydrogens is 394 g/mol. The summed E-state index contributed by atoms with van der Waals surface area (Å²) in [6, 6.07) is 25.2. The van der Waals surface area contributed by atoms with Gasteiger partial charge in [-0.1, -0.05) is 60.7 Å². The van der Waals surface area contributed by atoms with Gasteiger partial charge in [0.05, 0.1) is 12.3 Å². The van der Waals surface area contributed by atoms with Gasteiger partial charge in [-0.25, -0.2) is 19.8 Å². The van der Waals surface area contributed by atoms with Gasteiger partial charge < -0.3 is 4.74 Å². The average molecular weight is 413 g/mol. The summed E-state index contributed by atoms with van der Waals surface area (Å²) in [5, 5.41) is 0. The molecule has 4 rings (SSSR count). The van der Waals surface area contributed by atoms with E-state index in [4.69, 9.17) is 9.57 Å². The first-order chi connectivity index (χ1) is 15.2. The van der Waals surface area contributed by atoms with E-state index in [1.165, 1.54) is 10.9 Å². The molecule has 0 spiro atoms. The third-order valence-corrected chi connectivity index (χ3v) is 4.41. The van der Waals surface area contributed by atoms with Gasteiger partial charge in [0.2, 0.25) is 0 Å². The van der Waals surface area contributed by atoms with Gasteiger partial charge in [-0.15, -0.1) is 0 Å². The Morgan fingerprint density at radius 1 is 0.903 bits per heavy atom. The van der Waals surface area contributed by atoms with Crippen LogP contribution in [-0.4, -0.2) is 21.6 Å². The minimum Gasteiger partial charge on any atom is -0.410 e. The fraction of sp³-hybridized carbons (Fsp3) is 0.0417. The summed E-state index contributed by atoms with van der Waals surface area (Å²) in [6.45, 7) is 0.264. The molecule has 0 radical (unpaired) electrons. The second-order valence-corrected chi connectivity index (χ2v) is 6.63. The lowest BCUT2D eigenvalue weighted by Gasteiger charge is -2.07. The topological polar surface area (TPSA) is 82.5 Å². The summed E-state index contributed by atoms with van der Waals surface area (Å²) >= 11 is 0. The van der Waals surface area contributed by atoms with E-state index >= 15 is 0 Å². The largest absolute Gasteiger partial charge is 0.424 e. The molecule has 0 atom stereocenters. The molecule has 1 aromatic heterocycles.